The van der Waals surface area contributed by atoms with Gasteiger partial charge >= 0.3 is 0 Å². The van der Waals surface area contributed by atoms with Gasteiger partial charge in [-0.15, -0.1) is 11.3 Å². The maximum Gasteiger partial charge on any atom is 0.235 e. The molecule has 5 aromatic heterocycles. The van der Waals surface area contributed by atoms with Crippen LogP contribution in [0.4, 0.5) is 0 Å². The molecule has 0 aliphatic carbocycles. The summed E-state index contributed by atoms with van der Waals surface area (Å²) < 4.78 is 7.16. The predicted octanol–water partition coefficient (Wildman–Crippen LogP) is 13.6. The Labute approximate surface area is 318 Å². The maximum atomic E-state index is 5.65. The van der Waals surface area contributed by atoms with Crippen LogP contribution in [0.2, 0.25) is 0 Å². The van der Waals surface area contributed by atoms with Crippen molar-refractivity contribution in [3.05, 3.63) is 170 Å². The molecule has 0 amide bonds. The highest BCUT2D eigenvalue weighted by Gasteiger charge is 2.27. The highest BCUT2D eigenvalue weighted by atomic mass is 32.1. The van der Waals surface area contributed by atoms with Crippen molar-refractivity contribution in [1.82, 2.24) is 18.9 Å². The van der Waals surface area contributed by atoms with Gasteiger partial charge in [0.1, 0.15) is 0 Å². The zero-order valence-electron chi connectivity index (χ0n) is 29.4. The maximum absolute atomic E-state index is 5.65. The summed E-state index contributed by atoms with van der Waals surface area (Å²) >= 11 is 1.77. The van der Waals surface area contributed by atoms with Crippen LogP contribution in [0.5, 0.6) is 0 Å². The molecule has 5 heterocycles. The molecule has 55 heavy (non-hydrogen) atoms. The van der Waals surface area contributed by atoms with Gasteiger partial charge in [0.05, 0.1) is 43.5 Å². The number of nitrogens with zero attached hydrogens (tertiary/aromatic N) is 4. The summed E-state index contributed by atoms with van der Waals surface area (Å²) in [6, 6.07) is 61.4. The third kappa shape index (κ3) is 3.89. The van der Waals surface area contributed by atoms with Gasteiger partial charge in [-0.3, -0.25) is 4.57 Å². The van der Waals surface area contributed by atoms with E-state index in [1.165, 1.54) is 75.5 Å². The van der Waals surface area contributed by atoms with E-state index in [0.29, 0.717) is 5.95 Å². The third-order valence-electron chi connectivity index (χ3n) is 11.7. The van der Waals surface area contributed by atoms with Crippen molar-refractivity contribution in [2.75, 3.05) is 0 Å². The molecule has 0 saturated heterocycles. The lowest BCUT2D eigenvalue weighted by Crippen LogP contribution is -2.03. The average molecular weight is 717 g/mol. The van der Waals surface area contributed by atoms with Crippen LogP contribution >= 0.6 is 11.3 Å². The molecular weight excluding hydrogens is 689 g/mol. The molecule has 0 fully saturated rings. The number of para-hydroxylation sites is 2. The summed E-state index contributed by atoms with van der Waals surface area (Å²) in [5, 5.41) is 10.9. The van der Waals surface area contributed by atoms with Gasteiger partial charge in [0.15, 0.2) is 0 Å². The fourth-order valence-corrected chi connectivity index (χ4v) is 10.4. The van der Waals surface area contributed by atoms with Crippen molar-refractivity contribution in [3.63, 3.8) is 0 Å². The summed E-state index contributed by atoms with van der Waals surface area (Å²) in [5.41, 5.74) is 11.3. The zero-order chi connectivity index (χ0) is 35.8. The van der Waals surface area contributed by atoms with E-state index in [-0.39, 0.29) is 0 Å². The van der Waals surface area contributed by atoms with Gasteiger partial charge in [-0.25, -0.2) is 9.97 Å². The Bertz CT molecular complexity index is 3700. The minimum Gasteiger partial charge on any atom is -0.308 e. The summed E-state index contributed by atoms with van der Waals surface area (Å²) in [6.45, 7) is 0. The normalized spacial score (nSPS) is 12.4. The molecule has 0 atom stereocenters. The van der Waals surface area contributed by atoms with E-state index in [1.54, 1.807) is 11.3 Å². The second kappa shape index (κ2) is 10.8. The van der Waals surface area contributed by atoms with Crippen molar-refractivity contribution in [2.24, 2.45) is 0 Å². The number of fused-ring (bicyclic) bond motifs is 15. The van der Waals surface area contributed by atoms with Gasteiger partial charge in [0, 0.05) is 53.4 Å². The second-order valence-corrected chi connectivity index (χ2v) is 15.6. The number of aromatic nitrogens is 4. The predicted molar refractivity (Wildman–Crippen MR) is 232 cm³/mol. The summed E-state index contributed by atoms with van der Waals surface area (Å²) in [7, 11) is 0. The standard InChI is InChI=1S/C50H28N4S/c1-2-12-29(13-3-1)30-22-24-32(25-23-30)44-49-45(37-18-8-11-21-42(37)55-49)52-50(51-44)54-46-33-15-5-4-14-31(33)26-27-35(46)39-28-38-34-16-6-9-19-40(34)53-41-20-10-7-17-36(41)43(47(38)53)48(39)54/h1-28H. The summed E-state index contributed by atoms with van der Waals surface area (Å²) in [6.07, 6.45) is 0. The number of benzene rings is 8. The molecule has 4 nitrogen and oxygen atoms in total. The van der Waals surface area contributed by atoms with Crippen molar-refractivity contribution in [2.45, 2.75) is 0 Å². The minimum atomic E-state index is 0.678. The Morgan fingerprint density at radius 2 is 1.05 bits per heavy atom. The first kappa shape index (κ1) is 29.4. The summed E-state index contributed by atoms with van der Waals surface area (Å²) in [5.74, 6) is 0.678. The lowest BCUT2D eigenvalue weighted by atomic mass is 10.0. The van der Waals surface area contributed by atoms with E-state index in [4.69, 9.17) is 9.97 Å². The Morgan fingerprint density at radius 1 is 0.418 bits per heavy atom. The van der Waals surface area contributed by atoms with Crippen LogP contribution in [0.25, 0.3) is 119 Å². The fourth-order valence-electron chi connectivity index (χ4n) is 9.29. The van der Waals surface area contributed by atoms with Gasteiger partial charge in [-0.05, 0) is 40.8 Å². The van der Waals surface area contributed by atoms with Crippen LogP contribution in [0.3, 0.4) is 0 Å². The van der Waals surface area contributed by atoms with E-state index in [0.717, 1.165) is 37.9 Å². The van der Waals surface area contributed by atoms with Gasteiger partial charge < -0.3 is 4.40 Å². The van der Waals surface area contributed by atoms with Gasteiger partial charge in [0.2, 0.25) is 5.95 Å². The first-order valence-electron chi connectivity index (χ1n) is 18.7. The number of hydrogen-bond donors (Lipinski definition) is 0. The average Bonchev–Trinajstić information content (AvgIpc) is 3.99. The van der Waals surface area contributed by atoms with Crippen molar-refractivity contribution in [1.29, 1.82) is 0 Å². The van der Waals surface area contributed by atoms with E-state index in [1.807, 2.05) is 0 Å². The van der Waals surface area contributed by atoms with Crippen LogP contribution in [0, 0.1) is 0 Å². The summed E-state index contributed by atoms with van der Waals surface area (Å²) in [4.78, 5) is 11.2. The molecule has 5 heteroatoms. The SMILES string of the molecule is c1ccc(-c2ccc(-c3nc(-n4c5c6ccccc6ccc5c5cc6c7ccccc7n7c8ccccc8c(c54)c67)nc4c3sc3ccccc34)cc2)cc1. The fraction of sp³-hybridized carbons (Fsp3) is 0. The van der Waals surface area contributed by atoms with E-state index < -0.39 is 0 Å². The number of hydrogen-bond acceptors (Lipinski definition) is 3. The molecule has 0 unspecified atom stereocenters. The molecule has 0 saturated carbocycles. The molecule has 0 spiro atoms. The first-order chi connectivity index (χ1) is 27.3. The lowest BCUT2D eigenvalue weighted by Gasteiger charge is -2.12. The quantitative estimate of drug-likeness (QED) is 0.182. The molecule has 0 aliphatic heterocycles. The Hall–Kier alpha value is -7.08. The monoisotopic (exact) mass is 716 g/mol. The highest BCUT2D eigenvalue weighted by molar-refractivity contribution is 7.26. The molecule has 0 bridgehead atoms. The van der Waals surface area contributed by atoms with Crippen LogP contribution in [-0.2, 0) is 0 Å². The zero-order valence-corrected chi connectivity index (χ0v) is 30.2. The Morgan fingerprint density at radius 3 is 1.89 bits per heavy atom. The smallest absolute Gasteiger partial charge is 0.235 e. The number of thiophene rings is 1. The van der Waals surface area contributed by atoms with Crippen molar-refractivity contribution in [3.8, 4) is 28.3 Å². The van der Waals surface area contributed by atoms with Crippen LogP contribution < -0.4 is 0 Å². The second-order valence-electron chi connectivity index (χ2n) is 14.5. The minimum absolute atomic E-state index is 0.678. The van der Waals surface area contributed by atoms with E-state index in [9.17, 15) is 0 Å². The molecule has 13 rings (SSSR count). The van der Waals surface area contributed by atoms with Gasteiger partial charge in [-0.1, -0.05) is 146 Å². The van der Waals surface area contributed by atoms with Crippen LogP contribution in [-0.4, -0.2) is 18.9 Å². The van der Waals surface area contributed by atoms with Crippen LogP contribution in [0.1, 0.15) is 0 Å². The van der Waals surface area contributed by atoms with Crippen LogP contribution in [0.15, 0.2) is 170 Å². The topological polar surface area (TPSA) is 35.1 Å². The largest absolute Gasteiger partial charge is 0.308 e. The first-order valence-corrected chi connectivity index (χ1v) is 19.5. The van der Waals surface area contributed by atoms with Crippen molar-refractivity contribution >= 4 is 102 Å². The van der Waals surface area contributed by atoms with Crippen molar-refractivity contribution < 1.29 is 0 Å². The molecule has 13 aromatic rings. The molecule has 0 aliphatic rings. The molecule has 0 N–H and O–H groups in total. The molecule has 254 valence electrons. The Balaban J connectivity index is 1.23. The molecular formula is C50H28N4S. The third-order valence-corrected chi connectivity index (χ3v) is 12.8. The lowest BCUT2D eigenvalue weighted by molar-refractivity contribution is 1.02. The van der Waals surface area contributed by atoms with Gasteiger partial charge in [-0.2, -0.15) is 0 Å². The van der Waals surface area contributed by atoms with E-state index in [2.05, 4.69) is 179 Å². The van der Waals surface area contributed by atoms with Gasteiger partial charge in [0.25, 0.3) is 0 Å². The molecule has 0 radical (unpaired) electrons. The Kier molecular flexibility index (Phi) is 5.74. The van der Waals surface area contributed by atoms with E-state index >= 15 is 0 Å². The highest BCUT2D eigenvalue weighted by Crippen LogP contribution is 2.48. The molecule has 8 aromatic carbocycles. The number of rotatable bonds is 3.